The van der Waals surface area contributed by atoms with Crippen molar-refractivity contribution in [3.05, 3.63) is 0 Å². The van der Waals surface area contributed by atoms with Gasteiger partial charge in [0.25, 0.3) is 0 Å². The Bertz CT molecular complexity index is 177. The smallest absolute Gasteiger partial charge is 0.0110 e. The van der Waals surface area contributed by atoms with Crippen LogP contribution in [-0.4, -0.2) is 53.5 Å². The van der Waals surface area contributed by atoms with E-state index < -0.39 is 0 Å². The SMILES string of the molecule is CC(C)CN1CCN(CCCCCCI)CC1. The molecule has 0 aliphatic carbocycles. The maximum absolute atomic E-state index is 2.65. The number of halogens is 1. The zero-order valence-corrected chi connectivity index (χ0v) is 13.8. The summed E-state index contributed by atoms with van der Waals surface area (Å²) < 4.78 is 1.33. The molecule has 102 valence electrons. The van der Waals surface area contributed by atoms with Crippen molar-refractivity contribution in [3.8, 4) is 0 Å². The Balaban J connectivity index is 1.99. The third-order valence-electron chi connectivity index (χ3n) is 3.45. The lowest BCUT2D eigenvalue weighted by molar-refractivity contribution is 0.121. The Morgan fingerprint density at radius 1 is 0.882 bits per heavy atom. The fourth-order valence-corrected chi connectivity index (χ4v) is 3.03. The summed E-state index contributed by atoms with van der Waals surface area (Å²) in [4.78, 5) is 5.28. The summed E-state index contributed by atoms with van der Waals surface area (Å²) in [5.41, 5.74) is 0. The van der Waals surface area contributed by atoms with E-state index in [2.05, 4.69) is 46.2 Å². The summed E-state index contributed by atoms with van der Waals surface area (Å²) >= 11 is 2.48. The molecule has 1 rings (SSSR count). The highest BCUT2D eigenvalue weighted by atomic mass is 127. The molecule has 0 unspecified atom stereocenters. The fraction of sp³-hybridized carbons (Fsp3) is 1.00. The molecule has 0 bridgehead atoms. The number of nitrogens with zero attached hydrogens (tertiary/aromatic N) is 2. The van der Waals surface area contributed by atoms with E-state index in [9.17, 15) is 0 Å². The second kappa shape index (κ2) is 9.56. The maximum Gasteiger partial charge on any atom is 0.0110 e. The maximum atomic E-state index is 2.65. The van der Waals surface area contributed by atoms with Gasteiger partial charge in [-0.1, -0.05) is 49.3 Å². The van der Waals surface area contributed by atoms with Crippen molar-refractivity contribution in [1.82, 2.24) is 9.80 Å². The monoisotopic (exact) mass is 352 g/mol. The third kappa shape index (κ3) is 7.62. The van der Waals surface area contributed by atoms with Gasteiger partial charge in [0, 0.05) is 32.7 Å². The summed E-state index contributed by atoms with van der Waals surface area (Å²) in [6, 6.07) is 0. The number of unbranched alkanes of at least 4 members (excludes halogenated alkanes) is 3. The molecular formula is C14H29IN2. The van der Waals surface area contributed by atoms with Crippen molar-refractivity contribution in [3.63, 3.8) is 0 Å². The molecule has 17 heavy (non-hydrogen) atoms. The van der Waals surface area contributed by atoms with Gasteiger partial charge in [-0.15, -0.1) is 0 Å². The van der Waals surface area contributed by atoms with Crippen LogP contribution < -0.4 is 0 Å². The van der Waals surface area contributed by atoms with Gasteiger partial charge in [0.05, 0.1) is 0 Å². The van der Waals surface area contributed by atoms with Gasteiger partial charge in [-0.2, -0.15) is 0 Å². The molecular weight excluding hydrogens is 323 g/mol. The largest absolute Gasteiger partial charge is 0.301 e. The number of alkyl halides is 1. The molecule has 0 aromatic rings. The van der Waals surface area contributed by atoms with E-state index in [0.717, 1.165) is 5.92 Å². The van der Waals surface area contributed by atoms with Gasteiger partial charge in [-0.3, -0.25) is 0 Å². The van der Waals surface area contributed by atoms with Gasteiger partial charge in [-0.05, 0) is 29.7 Å². The van der Waals surface area contributed by atoms with Crippen LogP contribution in [0.2, 0.25) is 0 Å². The van der Waals surface area contributed by atoms with Crippen molar-refractivity contribution in [1.29, 1.82) is 0 Å². The van der Waals surface area contributed by atoms with E-state index >= 15 is 0 Å². The Kier molecular flexibility index (Phi) is 8.84. The normalized spacial score (nSPS) is 19.1. The first-order valence-corrected chi connectivity index (χ1v) is 8.75. The molecule has 0 N–H and O–H groups in total. The summed E-state index contributed by atoms with van der Waals surface area (Å²) in [5.74, 6) is 0.815. The van der Waals surface area contributed by atoms with Crippen molar-refractivity contribution in [2.24, 2.45) is 5.92 Å². The Morgan fingerprint density at radius 2 is 1.47 bits per heavy atom. The van der Waals surface area contributed by atoms with Crippen LogP contribution in [0.3, 0.4) is 0 Å². The van der Waals surface area contributed by atoms with Gasteiger partial charge in [0.2, 0.25) is 0 Å². The first kappa shape index (κ1) is 15.7. The molecule has 1 heterocycles. The molecule has 1 saturated heterocycles. The predicted molar refractivity (Wildman–Crippen MR) is 85.1 cm³/mol. The number of piperazine rings is 1. The zero-order valence-electron chi connectivity index (χ0n) is 11.6. The van der Waals surface area contributed by atoms with E-state index in [1.807, 2.05) is 0 Å². The van der Waals surface area contributed by atoms with Crippen LogP contribution in [0.15, 0.2) is 0 Å². The lowest BCUT2D eigenvalue weighted by Gasteiger charge is -2.35. The van der Waals surface area contributed by atoms with Crippen molar-refractivity contribution in [2.45, 2.75) is 39.5 Å². The van der Waals surface area contributed by atoms with E-state index in [0.29, 0.717) is 0 Å². The fourth-order valence-electron chi connectivity index (χ4n) is 2.50. The molecule has 1 aliphatic heterocycles. The highest BCUT2D eigenvalue weighted by molar-refractivity contribution is 14.1. The minimum Gasteiger partial charge on any atom is -0.301 e. The second-order valence-electron chi connectivity index (χ2n) is 5.64. The number of hydrogen-bond acceptors (Lipinski definition) is 2. The van der Waals surface area contributed by atoms with Gasteiger partial charge < -0.3 is 9.80 Å². The third-order valence-corrected chi connectivity index (χ3v) is 4.21. The van der Waals surface area contributed by atoms with E-state index in [1.54, 1.807) is 0 Å². The molecule has 0 spiro atoms. The lowest BCUT2D eigenvalue weighted by atomic mass is 10.1. The molecule has 0 aromatic carbocycles. The van der Waals surface area contributed by atoms with E-state index in [-0.39, 0.29) is 0 Å². The minimum absolute atomic E-state index is 0.815. The van der Waals surface area contributed by atoms with Gasteiger partial charge in [0.1, 0.15) is 0 Å². The molecule has 0 aromatic heterocycles. The van der Waals surface area contributed by atoms with Crippen LogP contribution in [0, 0.1) is 5.92 Å². The lowest BCUT2D eigenvalue weighted by Crippen LogP contribution is -2.47. The van der Waals surface area contributed by atoms with E-state index in [4.69, 9.17) is 0 Å². The Hall–Kier alpha value is 0.650. The first-order chi connectivity index (χ1) is 8.22. The quantitative estimate of drug-likeness (QED) is 0.376. The van der Waals surface area contributed by atoms with Crippen LogP contribution >= 0.6 is 22.6 Å². The Morgan fingerprint density at radius 3 is 2.06 bits per heavy atom. The molecule has 2 nitrogen and oxygen atoms in total. The summed E-state index contributed by atoms with van der Waals surface area (Å²) in [7, 11) is 0. The summed E-state index contributed by atoms with van der Waals surface area (Å²) in [5, 5.41) is 0. The molecule has 0 saturated carbocycles. The van der Waals surface area contributed by atoms with Crippen LogP contribution in [0.5, 0.6) is 0 Å². The zero-order chi connectivity index (χ0) is 12.5. The Labute approximate surface area is 121 Å². The van der Waals surface area contributed by atoms with Crippen molar-refractivity contribution < 1.29 is 0 Å². The molecule has 0 radical (unpaired) electrons. The molecule has 1 aliphatic rings. The topological polar surface area (TPSA) is 6.48 Å². The highest BCUT2D eigenvalue weighted by Crippen LogP contribution is 2.08. The van der Waals surface area contributed by atoms with Gasteiger partial charge in [-0.25, -0.2) is 0 Å². The van der Waals surface area contributed by atoms with Gasteiger partial charge in [0.15, 0.2) is 0 Å². The number of rotatable bonds is 8. The minimum atomic E-state index is 0.815. The summed E-state index contributed by atoms with van der Waals surface area (Å²) in [6.07, 6.45) is 5.66. The highest BCUT2D eigenvalue weighted by Gasteiger charge is 2.16. The van der Waals surface area contributed by atoms with Crippen LogP contribution in [0.1, 0.15) is 39.5 Å². The van der Waals surface area contributed by atoms with E-state index in [1.165, 1.54) is 69.4 Å². The standard InChI is InChI=1S/C14H29IN2/c1-14(2)13-17-11-9-16(10-12-17)8-6-4-3-5-7-15/h14H,3-13H2,1-2H3. The number of hydrogen-bond donors (Lipinski definition) is 0. The van der Waals surface area contributed by atoms with Crippen LogP contribution in [-0.2, 0) is 0 Å². The summed E-state index contributed by atoms with van der Waals surface area (Å²) in [6.45, 7) is 12.4. The van der Waals surface area contributed by atoms with Crippen molar-refractivity contribution >= 4 is 22.6 Å². The molecule has 0 amide bonds. The van der Waals surface area contributed by atoms with Crippen molar-refractivity contribution in [2.75, 3.05) is 43.7 Å². The average molecular weight is 352 g/mol. The van der Waals surface area contributed by atoms with Crippen LogP contribution in [0.25, 0.3) is 0 Å². The molecule has 1 fully saturated rings. The molecule has 3 heteroatoms. The van der Waals surface area contributed by atoms with Crippen LogP contribution in [0.4, 0.5) is 0 Å². The predicted octanol–water partition coefficient (Wildman–Crippen LogP) is 3.26. The first-order valence-electron chi connectivity index (χ1n) is 7.23. The second-order valence-corrected chi connectivity index (χ2v) is 6.72. The molecule has 0 atom stereocenters. The van der Waals surface area contributed by atoms with Gasteiger partial charge >= 0.3 is 0 Å². The average Bonchev–Trinajstić information content (AvgIpc) is 2.30.